The highest BCUT2D eigenvalue weighted by Gasteiger charge is 2.25. The number of rotatable bonds is 4. The number of phenols is 2. The zero-order chi connectivity index (χ0) is 14.8. The molecule has 0 aromatic heterocycles. The molecule has 0 aliphatic heterocycles. The molecule has 94 valence electrons. The van der Waals surface area contributed by atoms with E-state index in [1.807, 2.05) is 0 Å². The minimum absolute atomic E-state index is 0.0619. The van der Waals surface area contributed by atoms with E-state index in [0.717, 1.165) is 18.2 Å². The van der Waals surface area contributed by atoms with Crippen molar-refractivity contribution in [2.45, 2.75) is 19.0 Å². The standard InChI is InChI=1S/C11H15NO5/c1-2-17-11(16)9(12)10(15)6-3-4-7(13)8(14)5-6/h3-5,9-10,13-15H,2,12H2,1H3/t9-,10+/m1/s1/i9D,10D. The predicted molar refractivity (Wildman–Crippen MR) is 59.3 cm³/mol. The van der Waals surface area contributed by atoms with Gasteiger partial charge in [0.15, 0.2) is 11.5 Å². The second-order valence-electron chi connectivity index (χ2n) is 3.19. The van der Waals surface area contributed by atoms with E-state index in [-0.39, 0.29) is 12.2 Å². The number of phenolic OH excluding ortho intramolecular Hbond substituents is 2. The summed E-state index contributed by atoms with van der Waals surface area (Å²) in [6, 6.07) is 0.132. The summed E-state index contributed by atoms with van der Waals surface area (Å²) in [4.78, 5) is 11.5. The molecule has 0 unspecified atom stereocenters. The van der Waals surface area contributed by atoms with Gasteiger partial charge in [0.25, 0.3) is 0 Å². The van der Waals surface area contributed by atoms with Crippen molar-refractivity contribution in [1.29, 1.82) is 0 Å². The third-order valence-electron chi connectivity index (χ3n) is 2.00. The van der Waals surface area contributed by atoms with Gasteiger partial charge in [-0.15, -0.1) is 0 Å². The highest BCUT2D eigenvalue weighted by Crippen LogP contribution is 2.28. The average molecular weight is 243 g/mol. The van der Waals surface area contributed by atoms with Gasteiger partial charge in [-0.25, -0.2) is 0 Å². The van der Waals surface area contributed by atoms with Crippen LogP contribution in [0.15, 0.2) is 18.2 Å². The smallest absolute Gasteiger partial charge is 0.325 e. The first-order valence-electron chi connectivity index (χ1n) is 5.85. The number of carbonyl (C=O) groups is 1. The molecular formula is C11H15NO5. The molecule has 17 heavy (non-hydrogen) atoms. The van der Waals surface area contributed by atoms with Gasteiger partial charge in [0, 0.05) is 0 Å². The third kappa shape index (κ3) is 3.08. The Bertz CT molecular complexity index is 490. The fraction of sp³-hybridized carbons (Fsp3) is 0.364. The maximum atomic E-state index is 11.5. The fourth-order valence-electron chi connectivity index (χ4n) is 1.13. The molecule has 1 aromatic carbocycles. The van der Waals surface area contributed by atoms with Crippen LogP contribution in [-0.4, -0.2) is 33.9 Å². The SMILES string of the molecule is [2H][C@](N)(C(=O)OCC)[C@@]([2H])(O)c1ccc(O)c(O)c1. The van der Waals surface area contributed by atoms with Crippen LogP contribution in [0.4, 0.5) is 0 Å². The van der Waals surface area contributed by atoms with Crippen LogP contribution in [0, 0.1) is 0 Å². The summed E-state index contributed by atoms with van der Waals surface area (Å²) in [5.41, 5.74) is 5.03. The van der Waals surface area contributed by atoms with E-state index < -0.39 is 29.6 Å². The van der Waals surface area contributed by atoms with Crippen molar-refractivity contribution in [3.05, 3.63) is 23.8 Å². The molecule has 6 nitrogen and oxygen atoms in total. The Morgan fingerprint density at radius 1 is 1.53 bits per heavy atom. The number of carbonyl (C=O) groups excluding carboxylic acids is 1. The van der Waals surface area contributed by atoms with E-state index in [2.05, 4.69) is 4.74 Å². The number of ether oxygens (including phenoxy) is 1. The second-order valence-corrected chi connectivity index (χ2v) is 3.19. The van der Waals surface area contributed by atoms with Gasteiger partial charge >= 0.3 is 5.97 Å². The molecule has 1 aromatic rings. The van der Waals surface area contributed by atoms with Gasteiger partial charge in [-0.05, 0) is 24.6 Å². The Balaban J connectivity index is 3.21. The summed E-state index contributed by atoms with van der Waals surface area (Å²) < 4.78 is 19.8. The van der Waals surface area contributed by atoms with Crippen LogP contribution in [0.1, 0.15) is 21.3 Å². The fourth-order valence-corrected chi connectivity index (χ4v) is 1.13. The summed E-state index contributed by atoms with van der Waals surface area (Å²) in [6.45, 7) is 1.43. The Labute approximate surface area is 101 Å². The molecule has 0 heterocycles. The van der Waals surface area contributed by atoms with Crippen LogP contribution in [0.3, 0.4) is 0 Å². The summed E-state index contributed by atoms with van der Waals surface area (Å²) in [5.74, 6) is -2.36. The molecule has 2 atom stereocenters. The number of nitrogens with two attached hydrogens (primary N) is 1. The first kappa shape index (κ1) is 10.4. The van der Waals surface area contributed by atoms with Gasteiger partial charge in [0.05, 0.1) is 9.35 Å². The van der Waals surface area contributed by atoms with E-state index in [0.29, 0.717) is 0 Å². The number of aliphatic hydroxyl groups is 1. The number of hydrogen-bond donors (Lipinski definition) is 4. The Morgan fingerprint density at radius 2 is 2.18 bits per heavy atom. The van der Waals surface area contributed by atoms with Crippen LogP contribution < -0.4 is 5.73 Å². The molecule has 0 aliphatic carbocycles. The first-order chi connectivity index (χ1) is 8.64. The summed E-state index contributed by atoms with van der Waals surface area (Å²) in [7, 11) is 0. The molecule has 0 saturated carbocycles. The number of esters is 1. The molecule has 5 N–H and O–H groups in total. The Hall–Kier alpha value is -1.79. The summed E-state index contributed by atoms with van der Waals surface area (Å²) in [6.07, 6.45) is -2.86. The second kappa shape index (κ2) is 5.51. The average Bonchev–Trinajstić information content (AvgIpc) is 2.32. The van der Waals surface area contributed by atoms with Crippen molar-refractivity contribution in [1.82, 2.24) is 0 Å². The summed E-state index contributed by atoms with van der Waals surface area (Å²) in [5, 5.41) is 28.4. The molecule has 6 heteroatoms. The van der Waals surface area contributed by atoms with E-state index in [1.54, 1.807) is 0 Å². The van der Waals surface area contributed by atoms with Gasteiger partial charge in [-0.2, -0.15) is 0 Å². The van der Waals surface area contributed by atoms with Crippen molar-refractivity contribution in [2.24, 2.45) is 5.73 Å². The van der Waals surface area contributed by atoms with Crippen LogP contribution >= 0.6 is 0 Å². The van der Waals surface area contributed by atoms with Crippen LogP contribution in [0.5, 0.6) is 11.5 Å². The molecule has 0 spiro atoms. The van der Waals surface area contributed by atoms with E-state index in [1.165, 1.54) is 6.92 Å². The van der Waals surface area contributed by atoms with E-state index in [9.17, 15) is 15.0 Å². The van der Waals surface area contributed by atoms with Crippen molar-refractivity contribution in [3.63, 3.8) is 0 Å². The van der Waals surface area contributed by atoms with Crippen LogP contribution in [-0.2, 0) is 9.53 Å². The highest BCUT2D eigenvalue weighted by molar-refractivity contribution is 5.76. The third-order valence-corrected chi connectivity index (χ3v) is 2.00. The maximum Gasteiger partial charge on any atom is 0.325 e. The van der Waals surface area contributed by atoms with Gasteiger partial charge in [-0.3, -0.25) is 4.79 Å². The van der Waals surface area contributed by atoms with E-state index >= 15 is 0 Å². The lowest BCUT2D eigenvalue weighted by Gasteiger charge is -2.17. The van der Waals surface area contributed by atoms with Gasteiger partial charge in [0.2, 0.25) is 0 Å². The molecule has 0 fully saturated rings. The lowest BCUT2D eigenvalue weighted by atomic mass is 10.0. The number of benzene rings is 1. The summed E-state index contributed by atoms with van der Waals surface area (Å²) >= 11 is 0. The van der Waals surface area contributed by atoms with Crippen molar-refractivity contribution >= 4 is 5.97 Å². The van der Waals surface area contributed by atoms with E-state index in [4.69, 9.17) is 13.6 Å². The molecular weight excluding hydrogens is 226 g/mol. The minimum Gasteiger partial charge on any atom is -0.504 e. The molecule has 1 rings (SSSR count). The Morgan fingerprint density at radius 3 is 2.71 bits per heavy atom. The topological polar surface area (TPSA) is 113 Å². The molecule has 0 radical (unpaired) electrons. The zero-order valence-corrected chi connectivity index (χ0v) is 9.17. The molecule has 0 aliphatic rings. The molecule has 0 bridgehead atoms. The van der Waals surface area contributed by atoms with Gasteiger partial charge in [-0.1, -0.05) is 6.07 Å². The van der Waals surface area contributed by atoms with Crippen molar-refractivity contribution in [3.8, 4) is 11.5 Å². The predicted octanol–water partition coefficient (Wildman–Crippen LogP) is 0.0216. The lowest BCUT2D eigenvalue weighted by molar-refractivity contribution is -0.147. The van der Waals surface area contributed by atoms with Gasteiger partial charge < -0.3 is 25.8 Å². The Kier molecular flexibility index (Phi) is 3.36. The van der Waals surface area contributed by atoms with Crippen molar-refractivity contribution < 1.29 is 27.6 Å². The first-order valence-corrected chi connectivity index (χ1v) is 4.85. The normalized spacial score (nSPS) is 19.5. The number of aromatic hydroxyl groups is 2. The number of hydrogen-bond acceptors (Lipinski definition) is 6. The monoisotopic (exact) mass is 243 g/mol. The quantitative estimate of drug-likeness (QED) is 0.438. The molecule has 0 saturated heterocycles. The van der Waals surface area contributed by atoms with Gasteiger partial charge in [0.1, 0.15) is 12.1 Å². The lowest BCUT2D eigenvalue weighted by Crippen LogP contribution is -2.38. The maximum absolute atomic E-state index is 11.5. The zero-order valence-electron chi connectivity index (χ0n) is 11.2. The highest BCUT2D eigenvalue weighted by atomic mass is 16.5. The largest absolute Gasteiger partial charge is 0.504 e. The minimum atomic E-state index is -2.86. The molecule has 0 amide bonds. The van der Waals surface area contributed by atoms with Crippen molar-refractivity contribution in [2.75, 3.05) is 6.61 Å². The van der Waals surface area contributed by atoms with Crippen LogP contribution in [0.2, 0.25) is 0 Å². The van der Waals surface area contributed by atoms with Crippen LogP contribution in [0.25, 0.3) is 0 Å².